The fraction of sp³-hybridized carbons (Fsp3) is 0.409. The van der Waals surface area contributed by atoms with Gasteiger partial charge in [0, 0.05) is 43.3 Å². The van der Waals surface area contributed by atoms with E-state index in [4.69, 9.17) is 0 Å². The molecule has 1 saturated carbocycles. The van der Waals surface area contributed by atoms with Crippen LogP contribution < -0.4 is 5.56 Å². The van der Waals surface area contributed by atoms with Crippen LogP contribution in [0.2, 0.25) is 0 Å². The predicted octanol–water partition coefficient (Wildman–Crippen LogP) is 2.02. The summed E-state index contributed by atoms with van der Waals surface area (Å²) in [5, 5.41) is 19.2. The van der Waals surface area contributed by atoms with Crippen LogP contribution in [0.1, 0.15) is 35.4 Å². The first-order valence-corrected chi connectivity index (χ1v) is 10.1. The van der Waals surface area contributed by atoms with Crippen molar-refractivity contribution in [2.45, 2.75) is 24.9 Å². The SMILES string of the molecule is Cn1cccc1[C@@]1(O)CCC[C@@H]2CN(C(=O)c3n[nH]c(=O)c4ccccc34)C[C@@H]21. The van der Waals surface area contributed by atoms with Gasteiger partial charge in [0.2, 0.25) is 0 Å². The molecule has 0 radical (unpaired) electrons. The minimum atomic E-state index is -0.934. The van der Waals surface area contributed by atoms with Gasteiger partial charge in [0.25, 0.3) is 11.5 Å². The monoisotopic (exact) mass is 392 g/mol. The van der Waals surface area contributed by atoms with Crippen LogP contribution in [0.15, 0.2) is 47.4 Å². The van der Waals surface area contributed by atoms with Gasteiger partial charge in [-0.25, -0.2) is 5.10 Å². The van der Waals surface area contributed by atoms with Gasteiger partial charge in [0.1, 0.15) is 5.60 Å². The number of aryl methyl sites for hydroxylation is 1. The van der Waals surface area contributed by atoms with Crippen LogP contribution >= 0.6 is 0 Å². The van der Waals surface area contributed by atoms with Crippen molar-refractivity contribution in [1.82, 2.24) is 19.7 Å². The zero-order chi connectivity index (χ0) is 20.2. The Morgan fingerprint density at radius 3 is 2.76 bits per heavy atom. The third kappa shape index (κ3) is 2.72. The maximum atomic E-state index is 13.3. The van der Waals surface area contributed by atoms with E-state index in [-0.39, 0.29) is 29.0 Å². The van der Waals surface area contributed by atoms with Crippen LogP contribution in [-0.2, 0) is 12.6 Å². The number of carbonyl (C=O) groups is 1. The number of aromatic amines is 1. The second-order valence-electron chi connectivity index (χ2n) is 8.34. The molecule has 5 rings (SSSR count). The molecule has 0 unspecified atom stereocenters. The molecule has 150 valence electrons. The summed E-state index contributed by atoms with van der Waals surface area (Å²) in [5.41, 5.74) is -0.0582. The summed E-state index contributed by atoms with van der Waals surface area (Å²) >= 11 is 0. The zero-order valence-corrected chi connectivity index (χ0v) is 16.3. The summed E-state index contributed by atoms with van der Waals surface area (Å²) in [4.78, 5) is 27.2. The second-order valence-corrected chi connectivity index (χ2v) is 8.34. The van der Waals surface area contributed by atoms with E-state index < -0.39 is 5.60 Å². The molecule has 1 aliphatic carbocycles. The van der Waals surface area contributed by atoms with Crippen molar-refractivity contribution in [2.75, 3.05) is 13.1 Å². The molecule has 7 heteroatoms. The van der Waals surface area contributed by atoms with E-state index in [0.717, 1.165) is 18.5 Å². The number of rotatable bonds is 2. The number of carbonyl (C=O) groups excluding carboxylic acids is 1. The standard InChI is InChI=1S/C22H24N4O3/c1-25-11-5-9-18(25)22(29)10-4-6-14-12-26(13-17(14)22)21(28)19-15-7-2-3-8-16(15)20(27)24-23-19/h2-3,5,7-9,11,14,17,29H,4,6,10,12-13H2,1H3,(H,24,27)/t14-,17+,22-/m1/s1. The Hall–Kier alpha value is -2.93. The highest BCUT2D eigenvalue weighted by atomic mass is 16.3. The molecule has 1 amide bonds. The van der Waals surface area contributed by atoms with Crippen molar-refractivity contribution >= 4 is 16.7 Å². The molecule has 3 atom stereocenters. The number of hydrogen-bond donors (Lipinski definition) is 2. The van der Waals surface area contributed by atoms with Crippen LogP contribution in [-0.4, -0.2) is 43.8 Å². The van der Waals surface area contributed by atoms with Gasteiger partial charge in [0.05, 0.1) is 5.39 Å². The van der Waals surface area contributed by atoms with Crippen LogP contribution in [0.3, 0.4) is 0 Å². The summed E-state index contributed by atoms with van der Waals surface area (Å²) in [6.07, 6.45) is 4.59. The van der Waals surface area contributed by atoms with E-state index in [0.29, 0.717) is 30.3 Å². The number of H-pyrrole nitrogens is 1. The topological polar surface area (TPSA) is 91.2 Å². The third-order valence-electron chi connectivity index (χ3n) is 6.76. The van der Waals surface area contributed by atoms with E-state index in [1.807, 2.05) is 29.9 Å². The van der Waals surface area contributed by atoms with E-state index >= 15 is 0 Å². The highest BCUT2D eigenvalue weighted by molar-refractivity contribution is 6.04. The van der Waals surface area contributed by atoms with Gasteiger partial charge in [-0.15, -0.1) is 0 Å². The molecule has 7 nitrogen and oxygen atoms in total. The minimum absolute atomic E-state index is 0.0113. The fourth-order valence-electron chi connectivity index (χ4n) is 5.35. The molecule has 3 aromatic rings. The quantitative estimate of drug-likeness (QED) is 0.698. The summed E-state index contributed by atoms with van der Waals surface area (Å²) in [5.74, 6) is 0.0468. The van der Waals surface area contributed by atoms with Gasteiger partial charge >= 0.3 is 0 Å². The Morgan fingerprint density at radius 1 is 1.21 bits per heavy atom. The number of hydrogen-bond acceptors (Lipinski definition) is 4. The highest BCUT2D eigenvalue weighted by Crippen LogP contribution is 2.48. The molecule has 1 aromatic carbocycles. The predicted molar refractivity (Wildman–Crippen MR) is 108 cm³/mol. The lowest BCUT2D eigenvalue weighted by molar-refractivity contribution is -0.0697. The van der Waals surface area contributed by atoms with Crippen molar-refractivity contribution in [3.63, 3.8) is 0 Å². The molecule has 2 aromatic heterocycles. The van der Waals surface area contributed by atoms with Gasteiger partial charge < -0.3 is 14.6 Å². The third-order valence-corrected chi connectivity index (χ3v) is 6.76. The molecular formula is C22H24N4O3. The molecule has 2 N–H and O–H groups in total. The van der Waals surface area contributed by atoms with Crippen molar-refractivity contribution in [1.29, 1.82) is 0 Å². The lowest BCUT2D eigenvalue weighted by atomic mass is 9.69. The number of benzene rings is 1. The maximum Gasteiger partial charge on any atom is 0.274 e. The van der Waals surface area contributed by atoms with Crippen LogP contribution in [0.4, 0.5) is 0 Å². The van der Waals surface area contributed by atoms with Crippen LogP contribution in [0.25, 0.3) is 10.8 Å². The Bertz CT molecular complexity index is 1150. The average Bonchev–Trinajstić information content (AvgIpc) is 3.36. The number of aliphatic hydroxyl groups is 1. The molecule has 29 heavy (non-hydrogen) atoms. The number of aromatic nitrogens is 3. The lowest BCUT2D eigenvalue weighted by Gasteiger charge is -2.41. The van der Waals surface area contributed by atoms with Gasteiger partial charge in [-0.3, -0.25) is 9.59 Å². The summed E-state index contributed by atoms with van der Waals surface area (Å²) in [7, 11) is 1.95. The number of fused-ring (bicyclic) bond motifs is 2. The summed E-state index contributed by atoms with van der Waals surface area (Å²) in [6, 6.07) is 11.0. The minimum Gasteiger partial charge on any atom is -0.383 e. The van der Waals surface area contributed by atoms with E-state index in [9.17, 15) is 14.7 Å². The Morgan fingerprint density at radius 2 is 2.00 bits per heavy atom. The van der Waals surface area contributed by atoms with Crippen molar-refractivity contribution in [2.24, 2.45) is 18.9 Å². The number of nitrogens with one attached hydrogen (secondary N) is 1. The second kappa shape index (κ2) is 6.56. The smallest absolute Gasteiger partial charge is 0.274 e. The van der Waals surface area contributed by atoms with Gasteiger partial charge in [-0.05, 0) is 43.4 Å². The fourth-order valence-corrected chi connectivity index (χ4v) is 5.35. The zero-order valence-electron chi connectivity index (χ0n) is 16.3. The first-order valence-electron chi connectivity index (χ1n) is 10.1. The van der Waals surface area contributed by atoms with Crippen LogP contribution in [0.5, 0.6) is 0 Å². The highest BCUT2D eigenvalue weighted by Gasteiger charge is 2.51. The van der Waals surface area contributed by atoms with E-state index in [1.165, 1.54) is 0 Å². The first-order chi connectivity index (χ1) is 14.0. The number of amides is 1. The molecule has 0 spiro atoms. The van der Waals surface area contributed by atoms with E-state index in [1.54, 1.807) is 29.2 Å². The van der Waals surface area contributed by atoms with E-state index in [2.05, 4.69) is 10.2 Å². The number of nitrogens with zero attached hydrogens (tertiary/aromatic N) is 3. The maximum absolute atomic E-state index is 13.3. The Balaban J connectivity index is 1.49. The van der Waals surface area contributed by atoms with Gasteiger partial charge in [-0.2, -0.15) is 5.10 Å². The Labute approximate surface area is 168 Å². The first kappa shape index (κ1) is 18.1. The van der Waals surface area contributed by atoms with Gasteiger partial charge in [-0.1, -0.05) is 18.2 Å². The lowest BCUT2D eigenvalue weighted by Crippen LogP contribution is -2.44. The summed E-state index contributed by atoms with van der Waals surface area (Å²) in [6.45, 7) is 1.09. The summed E-state index contributed by atoms with van der Waals surface area (Å²) < 4.78 is 1.98. The Kier molecular flexibility index (Phi) is 4.10. The molecular weight excluding hydrogens is 368 g/mol. The van der Waals surface area contributed by atoms with Crippen molar-refractivity contribution < 1.29 is 9.90 Å². The molecule has 3 heterocycles. The molecule has 1 aliphatic heterocycles. The van der Waals surface area contributed by atoms with Gasteiger partial charge in [0.15, 0.2) is 5.69 Å². The average molecular weight is 392 g/mol. The molecule has 2 fully saturated rings. The largest absolute Gasteiger partial charge is 0.383 e. The van der Waals surface area contributed by atoms with Crippen molar-refractivity contribution in [3.05, 3.63) is 64.3 Å². The molecule has 1 saturated heterocycles. The molecule has 0 bridgehead atoms. The number of likely N-dealkylation sites (tertiary alicyclic amines) is 1. The van der Waals surface area contributed by atoms with Crippen molar-refractivity contribution in [3.8, 4) is 0 Å². The normalized spacial score (nSPS) is 26.6. The molecule has 2 aliphatic rings. The van der Waals surface area contributed by atoms with Crippen LogP contribution in [0, 0.1) is 11.8 Å².